The zero-order chi connectivity index (χ0) is 11.5. The van der Waals surface area contributed by atoms with Crippen LogP contribution < -0.4 is 11.1 Å². The molecule has 1 aromatic heterocycles. The number of nitrogens with one attached hydrogen (secondary N) is 1. The lowest BCUT2D eigenvalue weighted by Gasteiger charge is -2.08. The zero-order valence-corrected chi connectivity index (χ0v) is 9.55. The molecule has 5 nitrogen and oxygen atoms in total. The Kier molecular flexibility index (Phi) is 3.02. The summed E-state index contributed by atoms with van der Waals surface area (Å²) in [5.41, 5.74) is 6.52. The average Bonchev–Trinajstić information content (AvgIpc) is 2.76. The molecule has 0 fully saturated rings. The molecule has 0 aliphatic carbocycles. The highest BCUT2D eigenvalue weighted by Gasteiger charge is 2.12. The van der Waals surface area contributed by atoms with Gasteiger partial charge in [-0.1, -0.05) is 22.2 Å². The molecule has 82 valence electrons. The summed E-state index contributed by atoms with van der Waals surface area (Å²) in [5.74, 6) is -0.324. The zero-order valence-electron chi connectivity index (χ0n) is 7.98. The van der Waals surface area contributed by atoms with Crippen LogP contribution in [0, 0.1) is 0 Å². The van der Waals surface area contributed by atoms with Gasteiger partial charge >= 0.3 is 0 Å². The van der Waals surface area contributed by atoms with E-state index in [1.807, 2.05) is 0 Å². The van der Waals surface area contributed by atoms with Crippen LogP contribution in [0.4, 0.5) is 11.4 Å². The minimum absolute atomic E-state index is 0.324. The number of carbonyl (C=O) groups excluding carboxylic acids is 1. The number of halogens is 1. The molecule has 0 aliphatic rings. The Balaban J connectivity index is 2.25. The summed E-state index contributed by atoms with van der Waals surface area (Å²) in [5, 5.41) is 6.58. The standard InChI is InChI=1S/C9H7ClN4OS/c10-5-2-1-3-6(11)8(5)13-9(15)7-4-12-14-16-7/h1-4H,11H2,(H,13,15). The number of aromatic nitrogens is 2. The van der Waals surface area contributed by atoms with Crippen molar-refractivity contribution in [3.8, 4) is 0 Å². The maximum Gasteiger partial charge on any atom is 0.269 e. The number of anilines is 2. The van der Waals surface area contributed by atoms with E-state index in [0.29, 0.717) is 21.3 Å². The van der Waals surface area contributed by atoms with E-state index in [1.54, 1.807) is 18.2 Å². The Bertz CT molecular complexity index is 494. The first-order valence-electron chi connectivity index (χ1n) is 4.31. The summed E-state index contributed by atoms with van der Waals surface area (Å²) in [7, 11) is 0. The third-order valence-electron chi connectivity index (χ3n) is 1.87. The highest BCUT2D eigenvalue weighted by molar-refractivity contribution is 7.07. The monoisotopic (exact) mass is 254 g/mol. The van der Waals surface area contributed by atoms with Crippen molar-refractivity contribution in [1.29, 1.82) is 0 Å². The maximum absolute atomic E-state index is 11.7. The molecular formula is C9H7ClN4OS. The summed E-state index contributed by atoms with van der Waals surface area (Å²) >= 11 is 6.92. The molecule has 2 aromatic rings. The molecule has 0 saturated carbocycles. The van der Waals surface area contributed by atoms with Gasteiger partial charge in [-0.2, -0.15) is 0 Å². The maximum atomic E-state index is 11.7. The number of nitrogens with zero attached hydrogens (tertiary/aromatic N) is 2. The average molecular weight is 255 g/mol. The van der Waals surface area contributed by atoms with Crippen molar-refractivity contribution >= 4 is 40.4 Å². The van der Waals surface area contributed by atoms with Crippen molar-refractivity contribution in [2.75, 3.05) is 11.1 Å². The third-order valence-corrected chi connectivity index (χ3v) is 2.85. The van der Waals surface area contributed by atoms with Crippen LogP contribution in [0.5, 0.6) is 0 Å². The Morgan fingerprint density at radius 3 is 2.94 bits per heavy atom. The predicted molar refractivity (Wildman–Crippen MR) is 63.7 cm³/mol. The van der Waals surface area contributed by atoms with Crippen molar-refractivity contribution in [3.63, 3.8) is 0 Å². The number of hydrogen-bond donors (Lipinski definition) is 2. The van der Waals surface area contributed by atoms with Gasteiger partial charge in [0, 0.05) is 0 Å². The first kappa shape index (κ1) is 10.8. The minimum Gasteiger partial charge on any atom is -0.397 e. The smallest absolute Gasteiger partial charge is 0.269 e. The summed E-state index contributed by atoms with van der Waals surface area (Å²) < 4.78 is 3.60. The number of amides is 1. The van der Waals surface area contributed by atoms with Crippen LogP contribution in [-0.4, -0.2) is 15.5 Å². The molecule has 0 saturated heterocycles. The van der Waals surface area contributed by atoms with Crippen molar-refractivity contribution in [2.45, 2.75) is 0 Å². The van der Waals surface area contributed by atoms with E-state index < -0.39 is 0 Å². The second kappa shape index (κ2) is 4.46. The number of nitrogen functional groups attached to an aromatic ring is 1. The van der Waals surface area contributed by atoms with Crippen LogP contribution in [0.25, 0.3) is 0 Å². The molecule has 0 bridgehead atoms. The van der Waals surface area contributed by atoms with Crippen molar-refractivity contribution in [1.82, 2.24) is 9.59 Å². The highest BCUT2D eigenvalue weighted by atomic mass is 35.5. The van der Waals surface area contributed by atoms with Gasteiger partial charge < -0.3 is 11.1 Å². The fraction of sp³-hybridized carbons (Fsp3) is 0. The molecule has 1 heterocycles. The lowest BCUT2D eigenvalue weighted by atomic mass is 10.2. The van der Waals surface area contributed by atoms with E-state index in [1.165, 1.54) is 6.20 Å². The Hall–Kier alpha value is -1.66. The number of rotatable bonds is 2. The van der Waals surface area contributed by atoms with Crippen LogP contribution in [0.3, 0.4) is 0 Å². The second-order valence-electron chi connectivity index (χ2n) is 2.94. The van der Waals surface area contributed by atoms with Crippen molar-refractivity contribution in [2.24, 2.45) is 0 Å². The van der Waals surface area contributed by atoms with Gasteiger partial charge in [0.05, 0.1) is 22.6 Å². The molecule has 1 amide bonds. The Morgan fingerprint density at radius 1 is 1.50 bits per heavy atom. The Morgan fingerprint density at radius 2 is 2.31 bits per heavy atom. The molecule has 3 N–H and O–H groups in total. The first-order chi connectivity index (χ1) is 7.68. The fourth-order valence-electron chi connectivity index (χ4n) is 1.12. The van der Waals surface area contributed by atoms with E-state index in [4.69, 9.17) is 17.3 Å². The molecule has 0 radical (unpaired) electrons. The van der Waals surface area contributed by atoms with Gasteiger partial charge in [-0.05, 0) is 23.7 Å². The first-order valence-corrected chi connectivity index (χ1v) is 5.46. The molecule has 0 aliphatic heterocycles. The van der Waals surface area contributed by atoms with Gasteiger partial charge in [-0.25, -0.2) is 0 Å². The number of benzene rings is 1. The largest absolute Gasteiger partial charge is 0.397 e. The van der Waals surface area contributed by atoms with E-state index in [9.17, 15) is 4.79 Å². The lowest BCUT2D eigenvalue weighted by Crippen LogP contribution is -2.12. The predicted octanol–water partition coefficient (Wildman–Crippen LogP) is 2.03. The number of carbonyl (C=O) groups is 1. The van der Waals surface area contributed by atoms with Gasteiger partial charge in [0.1, 0.15) is 4.88 Å². The molecule has 2 rings (SSSR count). The van der Waals surface area contributed by atoms with Crippen LogP contribution in [0.15, 0.2) is 24.4 Å². The van der Waals surface area contributed by atoms with Crippen LogP contribution >= 0.6 is 23.1 Å². The quantitative estimate of drug-likeness (QED) is 0.804. The van der Waals surface area contributed by atoms with Crippen molar-refractivity contribution in [3.05, 3.63) is 34.3 Å². The summed E-state index contributed by atoms with van der Waals surface area (Å²) in [6.45, 7) is 0. The van der Waals surface area contributed by atoms with Gasteiger partial charge in [-0.15, -0.1) is 5.10 Å². The number of para-hydroxylation sites is 1. The van der Waals surface area contributed by atoms with Gasteiger partial charge in [0.15, 0.2) is 0 Å². The second-order valence-corrected chi connectivity index (χ2v) is 4.13. The van der Waals surface area contributed by atoms with Gasteiger partial charge in [-0.3, -0.25) is 4.79 Å². The molecule has 0 unspecified atom stereocenters. The summed E-state index contributed by atoms with van der Waals surface area (Å²) in [4.78, 5) is 12.1. The van der Waals surface area contributed by atoms with Gasteiger partial charge in [0.2, 0.25) is 0 Å². The summed E-state index contributed by atoms with van der Waals surface area (Å²) in [6, 6.07) is 5.02. The number of nitrogens with two attached hydrogens (primary N) is 1. The molecule has 0 spiro atoms. The third kappa shape index (κ3) is 2.12. The van der Waals surface area contributed by atoms with E-state index in [0.717, 1.165) is 11.5 Å². The Labute approximate surface area is 100 Å². The normalized spacial score (nSPS) is 10.1. The van der Waals surface area contributed by atoms with E-state index >= 15 is 0 Å². The SMILES string of the molecule is Nc1cccc(Cl)c1NC(=O)c1cnns1. The van der Waals surface area contributed by atoms with Crippen molar-refractivity contribution < 1.29 is 4.79 Å². The molecule has 7 heteroatoms. The fourth-order valence-corrected chi connectivity index (χ4v) is 1.75. The number of hydrogen-bond acceptors (Lipinski definition) is 5. The van der Waals surface area contributed by atoms with Crippen LogP contribution in [0.2, 0.25) is 5.02 Å². The van der Waals surface area contributed by atoms with E-state index in [2.05, 4.69) is 14.9 Å². The topological polar surface area (TPSA) is 80.9 Å². The van der Waals surface area contributed by atoms with Crippen LogP contribution in [0.1, 0.15) is 9.67 Å². The molecule has 0 atom stereocenters. The van der Waals surface area contributed by atoms with E-state index in [-0.39, 0.29) is 5.91 Å². The molecular weight excluding hydrogens is 248 g/mol. The molecule has 16 heavy (non-hydrogen) atoms. The molecule has 1 aromatic carbocycles. The summed E-state index contributed by atoms with van der Waals surface area (Å²) in [6.07, 6.45) is 1.38. The van der Waals surface area contributed by atoms with Crippen LogP contribution in [-0.2, 0) is 0 Å². The van der Waals surface area contributed by atoms with Gasteiger partial charge in [0.25, 0.3) is 5.91 Å². The lowest BCUT2D eigenvalue weighted by molar-refractivity contribution is 0.103. The minimum atomic E-state index is -0.324. The highest BCUT2D eigenvalue weighted by Crippen LogP contribution is 2.28.